The molecule has 0 unspecified atom stereocenters. The Balaban J connectivity index is 1.63. The highest BCUT2D eigenvalue weighted by Gasteiger charge is 2.15. The lowest BCUT2D eigenvalue weighted by atomic mass is 10.1. The fourth-order valence-electron chi connectivity index (χ4n) is 2.53. The number of sulfonamides is 1. The Kier molecular flexibility index (Phi) is 9.77. The molecular weight excluding hydrogens is 477 g/mol. The van der Waals surface area contributed by atoms with E-state index in [1.807, 2.05) is 13.8 Å². The number of benzene rings is 2. The highest BCUT2D eigenvalue weighted by Crippen LogP contribution is 2.27. The topological polar surface area (TPSA) is 114 Å². The molecule has 0 fully saturated rings. The zero-order valence-electron chi connectivity index (χ0n) is 17.7. The first-order valence-electron chi connectivity index (χ1n) is 9.81. The molecule has 2 amide bonds. The van der Waals surface area contributed by atoms with Gasteiger partial charge in [-0.2, -0.15) is 0 Å². The zero-order valence-corrected chi connectivity index (χ0v) is 20.0. The standard InChI is InChI=1S/C21H25Cl2N3O5S/c1-14-5-7-17(12-15(14)2)32(29,30)24-10-9-21(28)26-25-20(27)4-3-11-31-19-8-6-16(22)13-18(19)23/h5-8,12-13,24H,3-4,9-11H2,1-2H3,(H,25,27)(H,26,28). The lowest BCUT2D eigenvalue weighted by Gasteiger charge is -2.10. The van der Waals surface area contributed by atoms with Gasteiger partial charge in [0.2, 0.25) is 21.8 Å². The van der Waals surface area contributed by atoms with Crippen LogP contribution < -0.4 is 20.3 Å². The van der Waals surface area contributed by atoms with E-state index in [4.69, 9.17) is 27.9 Å². The minimum absolute atomic E-state index is 0.105. The van der Waals surface area contributed by atoms with E-state index in [9.17, 15) is 18.0 Å². The SMILES string of the molecule is Cc1ccc(S(=O)(=O)NCCC(=O)NNC(=O)CCCOc2ccc(Cl)cc2Cl)cc1C. The third-order valence-corrected chi connectivity index (χ3v) is 6.46. The summed E-state index contributed by atoms with van der Waals surface area (Å²) in [5.74, 6) is -0.460. The van der Waals surface area contributed by atoms with Crippen molar-refractivity contribution >= 4 is 45.0 Å². The van der Waals surface area contributed by atoms with Crippen LogP contribution in [0.15, 0.2) is 41.3 Å². The van der Waals surface area contributed by atoms with Crippen LogP contribution in [0.3, 0.4) is 0 Å². The van der Waals surface area contributed by atoms with Crippen LogP contribution in [0, 0.1) is 13.8 Å². The van der Waals surface area contributed by atoms with Crippen LogP contribution in [-0.2, 0) is 19.6 Å². The van der Waals surface area contributed by atoms with E-state index in [2.05, 4.69) is 15.6 Å². The Morgan fingerprint density at radius 1 is 0.938 bits per heavy atom. The number of hydrogen-bond donors (Lipinski definition) is 3. The number of rotatable bonds is 10. The molecule has 0 spiro atoms. The van der Waals surface area contributed by atoms with Crippen molar-refractivity contribution in [2.45, 2.75) is 38.0 Å². The lowest BCUT2D eigenvalue weighted by molar-refractivity contribution is -0.128. The number of ether oxygens (including phenoxy) is 1. The van der Waals surface area contributed by atoms with Gasteiger partial charge in [-0.3, -0.25) is 20.4 Å². The Morgan fingerprint density at radius 2 is 1.62 bits per heavy atom. The van der Waals surface area contributed by atoms with E-state index in [0.717, 1.165) is 11.1 Å². The molecule has 0 saturated carbocycles. The molecule has 0 atom stereocenters. The van der Waals surface area contributed by atoms with Crippen LogP contribution in [0.4, 0.5) is 0 Å². The maximum atomic E-state index is 12.3. The van der Waals surface area contributed by atoms with Crippen molar-refractivity contribution in [2.75, 3.05) is 13.2 Å². The van der Waals surface area contributed by atoms with Gasteiger partial charge >= 0.3 is 0 Å². The summed E-state index contributed by atoms with van der Waals surface area (Å²) in [7, 11) is -3.72. The maximum absolute atomic E-state index is 12.3. The lowest BCUT2D eigenvalue weighted by Crippen LogP contribution is -2.42. The van der Waals surface area contributed by atoms with Gasteiger partial charge in [-0.25, -0.2) is 13.1 Å². The molecule has 0 aliphatic carbocycles. The van der Waals surface area contributed by atoms with Gasteiger partial charge < -0.3 is 4.74 Å². The number of aryl methyl sites for hydroxylation is 2. The third-order valence-electron chi connectivity index (χ3n) is 4.47. The van der Waals surface area contributed by atoms with E-state index in [1.165, 1.54) is 6.07 Å². The van der Waals surface area contributed by atoms with Gasteiger partial charge in [-0.1, -0.05) is 29.3 Å². The van der Waals surface area contributed by atoms with E-state index >= 15 is 0 Å². The first-order chi connectivity index (χ1) is 15.1. The number of hydrogen-bond acceptors (Lipinski definition) is 5. The normalized spacial score (nSPS) is 11.1. The van der Waals surface area contributed by atoms with Gasteiger partial charge in [-0.15, -0.1) is 0 Å². The predicted octanol–water partition coefficient (Wildman–Crippen LogP) is 3.29. The van der Waals surface area contributed by atoms with Gasteiger partial charge in [0.1, 0.15) is 5.75 Å². The first-order valence-corrected chi connectivity index (χ1v) is 12.0. The number of nitrogens with one attached hydrogen (secondary N) is 3. The van der Waals surface area contributed by atoms with Crippen LogP contribution in [0.1, 0.15) is 30.4 Å². The fourth-order valence-corrected chi connectivity index (χ4v) is 4.11. The molecule has 0 aliphatic rings. The molecule has 2 aromatic carbocycles. The summed E-state index contributed by atoms with van der Waals surface area (Å²) in [5.41, 5.74) is 6.37. The molecular formula is C21H25Cl2N3O5S. The second-order valence-corrected chi connectivity index (χ2v) is 9.63. The van der Waals surface area contributed by atoms with Gasteiger partial charge in [0.05, 0.1) is 16.5 Å². The average Bonchev–Trinajstić information content (AvgIpc) is 2.72. The largest absolute Gasteiger partial charge is 0.492 e. The van der Waals surface area contributed by atoms with Crippen LogP contribution in [0.2, 0.25) is 10.0 Å². The van der Waals surface area contributed by atoms with Crippen molar-refractivity contribution < 1.29 is 22.7 Å². The Hall–Kier alpha value is -2.33. The first kappa shape index (κ1) is 25.9. The molecule has 8 nitrogen and oxygen atoms in total. The quantitative estimate of drug-likeness (QED) is 0.341. The van der Waals surface area contributed by atoms with E-state index in [-0.39, 0.29) is 30.9 Å². The van der Waals surface area contributed by atoms with E-state index in [0.29, 0.717) is 22.2 Å². The summed E-state index contributed by atoms with van der Waals surface area (Å²) >= 11 is 11.8. The van der Waals surface area contributed by atoms with Crippen LogP contribution in [-0.4, -0.2) is 33.4 Å². The van der Waals surface area contributed by atoms with Crippen molar-refractivity contribution in [2.24, 2.45) is 0 Å². The molecule has 0 heterocycles. The molecule has 2 rings (SSSR count). The summed E-state index contributed by atoms with van der Waals surface area (Å²) in [6.07, 6.45) is 0.379. The molecule has 0 aromatic heterocycles. The minimum Gasteiger partial charge on any atom is -0.492 e. The van der Waals surface area contributed by atoms with Gasteiger partial charge in [0, 0.05) is 24.4 Å². The van der Waals surface area contributed by atoms with E-state index < -0.39 is 21.8 Å². The molecule has 2 aromatic rings. The van der Waals surface area contributed by atoms with Crippen LogP contribution >= 0.6 is 23.2 Å². The number of carbonyl (C=O) groups is 2. The third kappa shape index (κ3) is 8.31. The van der Waals surface area contributed by atoms with Crippen molar-refractivity contribution in [3.05, 3.63) is 57.6 Å². The molecule has 0 bridgehead atoms. The Morgan fingerprint density at radius 3 is 2.28 bits per heavy atom. The Bertz CT molecular complexity index is 1080. The summed E-state index contributed by atoms with van der Waals surface area (Å²) in [4.78, 5) is 23.8. The highest BCUT2D eigenvalue weighted by atomic mass is 35.5. The summed E-state index contributed by atoms with van der Waals surface area (Å²) < 4.78 is 32.4. The van der Waals surface area contributed by atoms with Crippen molar-refractivity contribution in [1.29, 1.82) is 0 Å². The highest BCUT2D eigenvalue weighted by molar-refractivity contribution is 7.89. The number of halogens is 2. The molecule has 0 saturated heterocycles. The molecule has 3 N–H and O–H groups in total. The fraction of sp³-hybridized carbons (Fsp3) is 0.333. The zero-order chi connectivity index (χ0) is 23.7. The van der Waals surface area contributed by atoms with Crippen molar-refractivity contribution in [1.82, 2.24) is 15.6 Å². The summed E-state index contributed by atoms with van der Waals surface area (Å²) in [6, 6.07) is 9.65. The molecule has 174 valence electrons. The second kappa shape index (κ2) is 12.1. The van der Waals surface area contributed by atoms with Gasteiger partial charge in [0.15, 0.2) is 0 Å². The molecule has 32 heavy (non-hydrogen) atoms. The predicted molar refractivity (Wildman–Crippen MR) is 123 cm³/mol. The smallest absolute Gasteiger partial charge is 0.240 e. The maximum Gasteiger partial charge on any atom is 0.240 e. The van der Waals surface area contributed by atoms with Gasteiger partial charge in [-0.05, 0) is 61.7 Å². The number of hydrazine groups is 1. The van der Waals surface area contributed by atoms with Crippen molar-refractivity contribution in [3.8, 4) is 5.75 Å². The van der Waals surface area contributed by atoms with Crippen molar-refractivity contribution in [3.63, 3.8) is 0 Å². The van der Waals surface area contributed by atoms with E-state index in [1.54, 1.807) is 30.3 Å². The van der Waals surface area contributed by atoms with Gasteiger partial charge in [0.25, 0.3) is 0 Å². The average molecular weight is 502 g/mol. The molecule has 0 radical (unpaired) electrons. The monoisotopic (exact) mass is 501 g/mol. The number of carbonyl (C=O) groups excluding carboxylic acids is 2. The van der Waals surface area contributed by atoms with Crippen LogP contribution in [0.5, 0.6) is 5.75 Å². The summed E-state index contributed by atoms with van der Waals surface area (Å²) in [6.45, 7) is 3.86. The Labute approximate surface area is 197 Å². The number of amides is 2. The molecule has 0 aliphatic heterocycles. The van der Waals surface area contributed by atoms with Crippen LogP contribution in [0.25, 0.3) is 0 Å². The summed E-state index contributed by atoms with van der Waals surface area (Å²) in [5, 5.41) is 0.873. The second-order valence-electron chi connectivity index (χ2n) is 7.02. The minimum atomic E-state index is -3.72. The molecule has 11 heteroatoms.